The van der Waals surface area contributed by atoms with Crippen molar-refractivity contribution in [1.29, 1.82) is 0 Å². The molecule has 1 N–H and O–H groups in total. The Labute approximate surface area is 106 Å². The summed E-state index contributed by atoms with van der Waals surface area (Å²) >= 11 is 0. The number of fused-ring (bicyclic) bond motifs is 1. The van der Waals surface area contributed by atoms with Crippen LogP contribution in [0.2, 0.25) is 0 Å². The average molecular weight is 246 g/mol. The van der Waals surface area contributed by atoms with Crippen LogP contribution in [0, 0.1) is 0 Å². The normalized spacial score (nSPS) is 14.6. The van der Waals surface area contributed by atoms with Crippen LogP contribution >= 0.6 is 0 Å². The molecule has 1 aromatic heterocycles. The molecule has 2 aromatic rings. The van der Waals surface area contributed by atoms with E-state index in [-0.39, 0.29) is 6.42 Å². The molecule has 0 fully saturated rings. The van der Waals surface area contributed by atoms with Gasteiger partial charge in [0.05, 0.1) is 16.8 Å². The molecule has 2 rings (SSSR count). The third kappa shape index (κ3) is 2.43. The van der Waals surface area contributed by atoms with Crippen LogP contribution in [-0.4, -0.2) is 26.8 Å². The van der Waals surface area contributed by atoms with Crippen molar-refractivity contribution in [2.24, 2.45) is 0 Å². The molecular weight excluding hydrogens is 228 g/mol. The highest BCUT2D eigenvalue weighted by Gasteiger charge is 2.23. The lowest BCUT2D eigenvalue weighted by atomic mass is 9.95. The number of aldehydes is 1. The fourth-order valence-corrected chi connectivity index (χ4v) is 2.18. The molecule has 0 aliphatic carbocycles. The second-order valence-electron chi connectivity index (χ2n) is 4.82. The summed E-state index contributed by atoms with van der Waals surface area (Å²) in [5.74, 6) is 0. The quantitative estimate of drug-likeness (QED) is 0.820. The molecule has 1 atom stereocenters. The zero-order chi connectivity index (χ0) is 13.2. The maximum atomic E-state index is 10.6. The van der Waals surface area contributed by atoms with Crippen molar-refractivity contribution in [1.82, 2.24) is 9.78 Å². The Morgan fingerprint density at radius 2 is 2.17 bits per heavy atom. The Morgan fingerprint density at radius 1 is 1.44 bits per heavy atom. The van der Waals surface area contributed by atoms with Crippen molar-refractivity contribution < 1.29 is 9.90 Å². The fraction of sp³-hybridized carbons (Fsp3) is 0.429. The Balaban J connectivity index is 2.42. The maximum Gasteiger partial charge on any atom is 0.122 e. The Hall–Kier alpha value is -1.68. The summed E-state index contributed by atoms with van der Waals surface area (Å²) in [6.45, 7) is 4.49. The summed E-state index contributed by atoms with van der Waals surface area (Å²) < 4.78 is 1.92. The van der Waals surface area contributed by atoms with E-state index in [1.54, 1.807) is 6.92 Å². The van der Waals surface area contributed by atoms with Gasteiger partial charge in [-0.1, -0.05) is 18.2 Å². The number of para-hydroxylation sites is 1. The first-order valence-electron chi connectivity index (χ1n) is 6.18. The van der Waals surface area contributed by atoms with Crippen LogP contribution in [-0.2, 0) is 17.8 Å². The predicted molar refractivity (Wildman–Crippen MR) is 70.4 cm³/mol. The van der Waals surface area contributed by atoms with Gasteiger partial charge >= 0.3 is 0 Å². The number of carbonyl (C=O) groups excluding carboxylic acids is 1. The van der Waals surface area contributed by atoms with Gasteiger partial charge in [-0.2, -0.15) is 5.10 Å². The smallest absolute Gasteiger partial charge is 0.122 e. The van der Waals surface area contributed by atoms with Gasteiger partial charge in [0.15, 0.2) is 0 Å². The van der Waals surface area contributed by atoms with E-state index in [0.717, 1.165) is 29.4 Å². The number of carbonyl (C=O) groups is 1. The van der Waals surface area contributed by atoms with E-state index >= 15 is 0 Å². The molecule has 0 aliphatic heterocycles. The average Bonchev–Trinajstić information content (AvgIpc) is 2.67. The summed E-state index contributed by atoms with van der Waals surface area (Å²) in [6, 6.07) is 7.95. The van der Waals surface area contributed by atoms with Crippen molar-refractivity contribution in [3.8, 4) is 0 Å². The number of aryl methyl sites for hydroxylation is 1. The third-order valence-electron chi connectivity index (χ3n) is 3.11. The number of hydrogen-bond donors (Lipinski definition) is 1. The van der Waals surface area contributed by atoms with Crippen molar-refractivity contribution in [2.75, 3.05) is 0 Å². The predicted octanol–water partition coefficient (Wildman–Crippen LogP) is 1.94. The summed E-state index contributed by atoms with van der Waals surface area (Å²) in [5, 5.41) is 15.7. The van der Waals surface area contributed by atoms with Gasteiger partial charge in [0, 0.05) is 24.8 Å². The summed E-state index contributed by atoms with van der Waals surface area (Å²) in [5.41, 5.74) is 0.883. The van der Waals surface area contributed by atoms with E-state index < -0.39 is 5.60 Å². The van der Waals surface area contributed by atoms with Crippen molar-refractivity contribution in [2.45, 2.75) is 38.8 Å². The lowest BCUT2D eigenvalue weighted by Crippen LogP contribution is -2.28. The van der Waals surface area contributed by atoms with Crippen LogP contribution in [0.5, 0.6) is 0 Å². The number of aromatic nitrogens is 2. The van der Waals surface area contributed by atoms with Crippen LogP contribution in [0.1, 0.15) is 26.0 Å². The summed E-state index contributed by atoms with van der Waals surface area (Å²) in [4.78, 5) is 10.6. The molecule has 1 heterocycles. The van der Waals surface area contributed by atoms with Crippen LogP contribution in [0.25, 0.3) is 10.9 Å². The monoisotopic (exact) mass is 246 g/mol. The van der Waals surface area contributed by atoms with Gasteiger partial charge in [-0.05, 0) is 19.9 Å². The van der Waals surface area contributed by atoms with E-state index in [9.17, 15) is 9.90 Å². The van der Waals surface area contributed by atoms with Crippen molar-refractivity contribution in [3.05, 3.63) is 30.0 Å². The molecule has 0 saturated heterocycles. The minimum absolute atomic E-state index is 0.125. The topological polar surface area (TPSA) is 55.1 Å². The zero-order valence-corrected chi connectivity index (χ0v) is 10.8. The van der Waals surface area contributed by atoms with E-state index in [4.69, 9.17) is 0 Å². The molecule has 0 saturated carbocycles. The minimum Gasteiger partial charge on any atom is -0.389 e. The standard InChI is InChI=1S/C14H18N2O2/c1-3-16-13-7-5-4-6-11(13)12(15-16)10-14(2,18)8-9-17/h4-7,9,18H,3,8,10H2,1-2H3. The van der Waals surface area contributed by atoms with Gasteiger partial charge in [-0.15, -0.1) is 0 Å². The maximum absolute atomic E-state index is 10.6. The molecule has 1 aromatic carbocycles. The Kier molecular flexibility index (Phi) is 3.48. The first-order valence-corrected chi connectivity index (χ1v) is 6.18. The van der Waals surface area contributed by atoms with Crippen molar-refractivity contribution >= 4 is 17.2 Å². The first kappa shape index (κ1) is 12.8. The Bertz CT molecular complexity index is 558. The van der Waals surface area contributed by atoms with E-state index in [0.29, 0.717) is 6.42 Å². The zero-order valence-electron chi connectivity index (χ0n) is 10.8. The van der Waals surface area contributed by atoms with Crippen LogP contribution in [0.15, 0.2) is 24.3 Å². The van der Waals surface area contributed by atoms with E-state index in [1.165, 1.54) is 0 Å². The minimum atomic E-state index is -1.03. The van der Waals surface area contributed by atoms with Gasteiger partial charge in [-0.25, -0.2) is 0 Å². The van der Waals surface area contributed by atoms with Crippen LogP contribution in [0.3, 0.4) is 0 Å². The molecule has 0 radical (unpaired) electrons. The second kappa shape index (κ2) is 4.90. The number of rotatable bonds is 5. The highest BCUT2D eigenvalue weighted by molar-refractivity contribution is 5.82. The molecule has 0 amide bonds. The molecule has 0 spiro atoms. The van der Waals surface area contributed by atoms with Gasteiger partial charge in [0.1, 0.15) is 6.29 Å². The SMILES string of the molecule is CCn1nc(CC(C)(O)CC=O)c2ccccc21. The fourth-order valence-electron chi connectivity index (χ4n) is 2.18. The first-order chi connectivity index (χ1) is 8.57. The van der Waals surface area contributed by atoms with Crippen LogP contribution in [0.4, 0.5) is 0 Å². The Morgan fingerprint density at radius 3 is 2.83 bits per heavy atom. The number of benzene rings is 1. The molecule has 18 heavy (non-hydrogen) atoms. The number of aliphatic hydroxyl groups is 1. The lowest BCUT2D eigenvalue weighted by Gasteiger charge is -2.18. The summed E-state index contributed by atoms with van der Waals surface area (Å²) in [7, 11) is 0. The van der Waals surface area contributed by atoms with Gasteiger partial charge in [0.25, 0.3) is 0 Å². The highest BCUT2D eigenvalue weighted by Crippen LogP contribution is 2.23. The highest BCUT2D eigenvalue weighted by atomic mass is 16.3. The van der Waals surface area contributed by atoms with Gasteiger partial charge < -0.3 is 9.90 Å². The molecule has 96 valence electrons. The molecule has 0 bridgehead atoms. The molecule has 4 nitrogen and oxygen atoms in total. The third-order valence-corrected chi connectivity index (χ3v) is 3.11. The largest absolute Gasteiger partial charge is 0.389 e. The second-order valence-corrected chi connectivity index (χ2v) is 4.82. The summed E-state index contributed by atoms with van der Waals surface area (Å²) in [6.07, 6.45) is 1.26. The number of hydrogen-bond acceptors (Lipinski definition) is 3. The van der Waals surface area contributed by atoms with E-state index in [2.05, 4.69) is 5.10 Å². The molecular formula is C14H18N2O2. The lowest BCUT2D eigenvalue weighted by molar-refractivity contribution is -0.111. The number of nitrogens with zero attached hydrogens (tertiary/aromatic N) is 2. The van der Waals surface area contributed by atoms with Crippen molar-refractivity contribution in [3.63, 3.8) is 0 Å². The molecule has 0 aliphatic rings. The molecule has 4 heteroatoms. The van der Waals surface area contributed by atoms with E-state index in [1.807, 2.05) is 35.9 Å². The van der Waals surface area contributed by atoms with Crippen LogP contribution < -0.4 is 0 Å². The molecule has 1 unspecified atom stereocenters. The van der Waals surface area contributed by atoms with Gasteiger partial charge in [0.2, 0.25) is 0 Å². The van der Waals surface area contributed by atoms with Gasteiger partial charge in [-0.3, -0.25) is 4.68 Å².